The van der Waals surface area contributed by atoms with Crippen LogP contribution in [0.3, 0.4) is 0 Å². The molecule has 0 aliphatic heterocycles. The summed E-state index contributed by atoms with van der Waals surface area (Å²) >= 11 is 0. The number of carbonyl (C=O) groups is 1. The molecule has 155 valence electrons. The number of amides is 1. The molecule has 0 heterocycles. The summed E-state index contributed by atoms with van der Waals surface area (Å²) < 4.78 is 16.4. The van der Waals surface area contributed by atoms with Gasteiger partial charge in [0.1, 0.15) is 0 Å². The Morgan fingerprint density at radius 3 is 2.12 bits per heavy atom. The highest BCUT2D eigenvalue weighted by Gasteiger charge is 2.39. The first kappa shape index (κ1) is 25.6. The van der Waals surface area contributed by atoms with Crippen molar-refractivity contribution in [3.8, 4) is 0 Å². The molecule has 0 aromatic carbocycles. The van der Waals surface area contributed by atoms with E-state index in [1.54, 1.807) is 21.3 Å². The molecule has 26 heavy (non-hydrogen) atoms. The maximum Gasteiger partial charge on any atom is 0.500 e. The molecule has 0 aliphatic carbocycles. The Labute approximate surface area is 162 Å². The van der Waals surface area contributed by atoms with E-state index in [1.807, 2.05) is 0 Å². The lowest BCUT2D eigenvalue weighted by Crippen LogP contribution is -2.44. The Morgan fingerprint density at radius 2 is 1.58 bits per heavy atom. The van der Waals surface area contributed by atoms with Crippen LogP contribution in [0.2, 0.25) is 6.04 Å². The number of nitrogens with one attached hydrogen (secondary N) is 1. The Hall–Kier alpha value is -0.433. The third kappa shape index (κ3) is 12.0. The molecular weight excluding hydrogens is 346 g/mol. The first-order valence-corrected chi connectivity index (χ1v) is 12.0. The van der Waals surface area contributed by atoms with Crippen LogP contribution >= 0.6 is 0 Å². The maximum absolute atomic E-state index is 12.0. The largest absolute Gasteiger partial charge is 0.500 e. The van der Waals surface area contributed by atoms with Gasteiger partial charge in [-0.2, -0.15) is 0 Å². The van der Waals surface area contributed by atoms with Crippen LogP contribution in [0.15, 0.2) is 0 Å². The van der Waals surface area contributed by atoms with Crippen LogP contribution in [-0.4, -0.2) is 42.6 Å². The van der Waals surface area contributed by atoms with Gasteiger partial charge in [0.25, 0.3) is 0 Å². The van der Waals surface area contributed by atoms with E-state index in [-0.39, 0.29) is 11.3 Å². The van der Waals surface area contributed by atoms with E-state index in [9.17, 15) is 4.79 Å². The maximum atomic E-state index is 12.0. The number of unbranched alkanes of at least 4 members (excludes halogenated alkanes) is 7. The summed E-state index contributed by atoms with van der Waals surface area (Å²) in [5.41, 5.74) is -0.0173. The highest BCUT2D eigenvalue weighted by atomic mass is 28.4. The van der Waals surface area contributed by atoms with E-state index in [0.717, 1.165) is 31.7 Å². The summed E-state index contributed by atoms with van der Waals surface area (Å²) in [4.78, 5) is 12.0. The SMILES string of the molecule is CCCCC[CH]CCCCC(=O)NCC(C)(C)CC[Si](OC)(OC)OC. The van der Waals surface area contributed by atoms with Crippen molar-refractivity contribution in [2.45, 2.75) is 84.6 Å². The van der Waals surface area contributed by atoms with Crippen molar-refractivity contribution < 1.29 is 18.1 Å². The molecule has 0 aromatic rings. The molecule has 0 rings (SSSR count). The van der Waals surface area contributed by atoms with Crippen molar-refractivity contribution in [3.63, 3.8) is 0 Å². The molecule has 0 saturated heterocycles. The summed E-state index contributed by atoms with van der Waals surface area (Å²) in [5, 5.41) is 3.08. The van der Waals surface area contributed by atoms with Crippen molar-refractivity contribution in [3.05, 3.63) is 6.42 Å². The molecular formula is C20H42NO4Si. The van der Waals surface area contributed by atoms with Gasteiger partial charge in [-0.3, -0.25) is 4.79 Å². The second-order valence-electron chi connectivity index (χ2n) is 7.77. The van der Waals surface area contributed by atoms with Gasteiger partial charge >= 0.3 is 8.80 Å². The number of hydrogen-bond donors (Lipinski definition) is 1. The van der Waals surface area contributed by atoms with Gasteiger partial charge in [-0.15, -0.1) is 0 Å². The highest BCUT2D eigenvalue weighted by Crippen LogP contribution is 2.27. The fourth-order valence-corrected chi connectivity index (χ4v) is 4.91. The first-order chi connectivity index (χ1) is 12.3. The molecule has 0 bridgehead atoms. The van der Waals surface area contributed by atoms with Crippen molar-refractivity contribution in [1.82, 2.24) is 5.32 Å². The second kappa shape index (κ2) is 14.6. The van der Waals surface area contributed by atoms with Gasteiger partial charge in [-0.05, 0) is 24.7 Å². The Balaban J connectivity index is 3.88. The minimum Gasteiger partial charge on any atom is -0.377 e. The fourth-order valence-electron chi connectivity index (χ4n) is 2.82. The molecule has 0 fully saturated rings. The average Bonchev–Trinajstić information content (AvgIpc) is 2.64. The van der Waals surface area contributed by atoms with Crippen LogP contribution in [0.1, 0.15) is 78.6 Å². The lowest BCUT2D eigenvalue weighted by molar-refractivity contribution is -0.121. The molecule has 0 unspecified atom stereocenters. The zero-order valence-electron chi connectivity index (χ0n) is 18.0. The van der Waals surface area contributed by atoms with Crippen LogP contribution in [0, 0.1) is 11.8 Å². The van der Waals surface area contributed by atoms with Crippen molar-refractivity contribution in [1.29, 1.82) is 0 Å². The lowest BCUT2D eigenvalue weighted by Gasteiger charge is -2.30. The smallest absolute Gasteiger partial charge is 0.377 e. The number of hydrogen-bond acceptors (Lipinski definition) is 4. The molecule has 6 heteroatoms. The van der Waals surface area contributed by atoms with Crippen molar-refractivity contribution in [2.75, 3.05) is 27.9 Å². The topological polar surface area (TPSA) is 56.8 Å². The normalized spacial score (nSPS) is 12.4. The summed E-state index contributed by atoms with van der Waals surface area (Å²) in [7, 11) is 2.36. The molecule has 1 radical (unpaired) electrons. The van der Waals surface area contributed by atoms with Crippen LogP contribution < -0.4 is 5.32 Å². The number of rotatable bonds is 17. The fraction of sp³-hybridized carbons (Fsp3) is 0.900. The van der Waals surface area contributed by atoms with Gasteiger partial charge in [-0.1, -0.05) is 59.3 Å². The predicted octanol–water partition coefficient (Wildman–Crippen LogP) is 4.74. The van der Waals surface area contributed by atoms with E-state index >= 15 is 0 Å². The molecule has 1 N–H and O–H groups in total. The summed E-state index contributed by atoms with van der Waals surface area (Å²) in [6, 6.07) is 0.743. The van der Waals surface area contributed by atoms with Gasteiger partial charge in [0.15, 0.2) is 0 Å². The summed E-state index contributed by atoms with van der Waals surface area (Å²) in [5.74, 6) is 0.151. The predicted molar refractivity (Wildman–Crippen MR) is 110 cm³/mol. The zero-order valence-corrected chi connectivity index (χ0v) is 19.0. The molecule has 0 atom stereocenters. The first-order valence-electron chi connectivity index (χ1n) is 10.1. The van der Waals surface area contributed by atoms with Gasteiger partial charge in [-0.25, -0.2) is 0 Å². The van der Waals surface area contributed by atoms with Crippen LogP contribution in [0.25, 0.3) is 0 Å². The molecule has 1 amide bonds. The molecule has 0 saturated carbocycles. The van der Waals surface area contributed by atoms with E-state index in [2.05, 4.69) is 32.5 Å². The third-order valence-corrected chi connectivity index (χ3v) is 7.61. The second-order valence-corrected chi connectivity index (χ2v) is 10.9. The van der Waals surface area contributed by atoms with Crippen LogP contribution in [-0.2, 0) is 18.1 Å². The van der Waals surface area contributed by atoms with Gasteiger partial charge < -0.3 is 18.6 Å². The van der Waals surface area contributed by atoms with E-state index in [0.29, 0.717) is 13.0 Å². The van der Waals surface area contributed by atoms with Crippen molar-refractivity contribution in [2.24, 2.45) is 5.41 Å². The Kier molecular flexibility index (Phi) is 14.4. The summed E-state index contributed by atoms with van der Waals surface area (Å²) in [6.45, 7) is 7.19. The number of carbonyl (C=O) groups excluding carboxylic acids is 1. The molecule has 0 aliphatic rings. The summed E-state index contributed by atoms with van der Waals surface area (Å²) in [6.07, 6.45) is 12.2. The van der Waals surface area contributed by atoms with E-state index in [1.165, 1.54) is 25.7 Å². The standard InChI is InChI=1S/C20H42NO4Si/c1-7-8-9-10-11-12-13-14-15-19(22)21-18-20(2,3)16-17-26(23-4,24-5)25-6/h11H,7-10,12-18H2,1-6H3,(H,21,22). The Bertz CT molecular complexity index is 351. The molecule has 5 nitrogen and oxygen atoms in total. The minimum atomic E-state index is -2.54. The highest BCUT2D eigenvalue weighted by molar-refractivity contribution is 6.60. The third-order valence-electron chi connectivity index (χ3n) is 4.88. The van der Waals surface area contributed by atoms with E-state index < -0.39 is 8.80 Å². The quantitative estimate of drug-likeness (QED) is 0.289. The molecule has 0 aromatic heterocycles. The molecule has 0 spiro atoms. The van der Waals surface area contributed by atoms with Gasteiger partial charge in [0.05, 0.1) is 0 Å². The Morgan fingerprint density at radius 1 is 1.00 bits per heavy atom. The monoisotopic (exact) mass is 388 g/mol. The minimum absolute atomic E-state index is 0.0173. The zero-order chi connectivity index (χ0) is 19.9. The van der Waals surface area contributed by atoms with Gasteiger partial charge in [0, 0.05) is 40.3 Å². The van der Waals surface area contributed by atoms with Crippen molar-refractivity contribution >= 4 is 14.7 Å². The van der Waals surface area contributed by atoms with Crippen LogP contribution in [0.5, 0.6) is 0 Å². The van der Waals surface area contributed by atoms with Crippen LogP contribution in [0.4, 0.5) is 0 Å². The van der Waals surface area contributed by atoms with Gasteiger partial charge in [0.2, 0.25) is 5.91 Å². The lowest BCUT2D eigenvalue weighted by atomic mass is 9.90. The van der Waals surface area contributed by atoms with E-state index in [4.69, 9.17) is 13.3 Å². The average molecular weight is 389 g/mol.